The number of amides is 1. The predicted octanol–water partition coefficient (Wildman–Crippen LogP) is 5.80. The second-order valence-corrected chi connectivity index (χ2v) is 7.15. The number of anilines is 1. The van der Waals surface area contributed by atoms with Crippen LogP contribution in [0.1, 0.15) is 49.2 Å². The molecule has 3 nitrogen and oxygen atoms in total. The van der Waals surface area contributed by atoms with Crippen LogP contribution >= 0.6 is 0 Å². The van der Waals surface area contributed by atoms with Crippen LogP contribution in [0.4, 0.5) is 19.0 Å². The third-order valence-corrected chi connectivity index (χ3v) is 3.58. The van der Waals surface area contributed by atoms with Gasteiger partial charge in [-0.15, -0.1) is 0 Å². The third kappa shape index (κ3) is 5.44. The van der Waals surface area contributed by atoms with Gasteiger partial charge >= 0.3 is 6.18 Å². The van der Waals surface area contributed by atoms with Gasteiger partial charge in [0.05, 0.1) is 5.56 Å². The van der Waals surface area contributed by atoms with E-state index >= 15 is 0 Å². The molecule has 0 spiro atoms. The van der Waals surface area contributed by atoms with Crippen LogP contribution in [0.25, 0.3) is 5.57 Å². The Kier molecular flexibility index (Phi) is 5.54. The van der Waals surface area contributed by atoms with Crippen molar-refractivity contribution in [3.63, 3.8) is 0 Å². The van der Waals surface area contributed by atoms with Gasteiger partial charge in [-0.25, -0.2) is 4.98 Å². The van der Waals surface area contributed by atoms with Gasteiger partial charge < -0.3 is 5.32 Å². The number of halogens is 3. The molecule has 2 rings (SSSR count). The lowest BCUT2D eigenvalue weighted by Crippen LogP contribution is -2.13. The summed E-state index contributed by atoms with van der Waals surface area (Å²) in [7, 11) is 0. The predicted molar refractivity (Wildman–Crippen MR) is 96.7 cm³/mol. The van der Waals surface area contributed by atoms with Crippen molar-refractivity contribution in [1.29, 1.82) is 0 Å². The van der Waals surface area contributed by atoms with E-state index in [1.54, 1.807) is 12.1 Å². The maximum Gasteiger partial charge on any atom is 0.417 e. The molecule has 0 aliphatic carbocycles. The van der Waals surface area contributed by atoms with Crippen LogP contribution in [-0.2, 0) is 6.18 Å². The Morgan fingerprint density at radius 1 is 1.00 bits per heavy atom. The molecular weight excluding hydrogens is 341 g/mol. The SMILES string of the molecule is CC(=CC(C)(C)C)c1ccc(C(=O)Nc2ccc(C(F)(F)F)cn2)cc1. The minimum atomic E-state index is -4.45. The number of nitrogens with one attached hydrogen (secondary N) is 1. The molecule has 0 aliphatic rings. The van der Waals surface area contributed by atoms with E-state index in [1.807, 2.05) is 19.1 Å². The molecule has 26 heavy (non-hydrogen) atoms. The molecule has 0 bridgehead atoms. The normalized spacial score (nSPS) is 12.8. The van der Waals surface area contributed by atoms with Crippen molar-refractivity contribution in [2.75, 3.05) is 5.32 Å². The van der Waals surface area contributed by atoms with Gasteiger partial charge in [0.1, 0.15) is 5.82 Å². The molecule has 0 unspecified atom stereocenters. The van der Waals surface area contributed by atoms with Gasteiger partial charge in [-0.1, -0.05) is 39.0 Å². The molecule has 0 aliphatic heterocycles. The number of alkyl halides is 3. The third-order valence-electron chi connectivity index (χ3n) is 3.58. The molecular formula is C20H21F3N2O. The minimum absolute atomic E-state index is 0.0500. The first kappa shape index (κ1) is 19.7. The number of hydrogen-bond donors (Lipinski definition) is 1. The van der Waals surface area contributed by atoms with Crippen LogP contribution in [0.2, 0.25) is 0 Å². The van der Waals surface area contributed by atoms with E-state index in [9.17, 15) is 18.0 Å². The van der Waals surface area contributed by atoms with E-state index in [4.69, 9.17) is 0 Å². The van der Waals surface area contributed by atoms with E-state index in [1.165, 1.54) is 0 Å². The monoisotopic (exact) mass is 362 g/mol. The first-order chi connectivity index (χ1) is 12.0. The summed E-state index contributed by atoms with van der Waals surface area (Å²) in [5.41, 5.74) is 1.70. The van der Waals surface area contributed by atoms with E-state index < -0.39 is 17.6 Å². The van der Waals surface area contributed by atoms with Gasteiger partial charge in [0.2, 0.25) is 0 Å². The van der Waals surface area contributed by atoms with Crippen LogP contribution in [-0.4, -0.2) is 10.9 Å². The smallest absolute Gasteiger partial charge is 0.307 e. The largest absolute Gasteiger partial charge is 0.417 e. The van der Waals surface area contributed by atoms with Crippen LogP contribution in [0.5, 0.6) is 0 Å². The van der Waals surface area contributed by atoms with Gasteiger partial charge in [-0.05, 0) is 47.7 Å². The van der Waals surface area contributed by atoms with Crippen molar-refractivity contribution in [2.24, 2.45) is 5.41 Å². The van der Waals surface area contributed by atoms with Crippen LogP contribution in [0.3, 0.4) is 0 Å². The molecule has 0 atom stereocenters. The first-order valence-corrected chi connectivity index (χ1v) is 8.10. The number of benzene rings is 1. The summed E-state index contributed by atoms with van der Waals surface area (Å²) in [4.78, 5) is 15.9. The fourth-order valence-electron chi connectivity index (χ4n) is 2.44. The molecule has 0 saturated carbocycles. The zero-order valence-electron chi connectivity index (χ0n) is 15.1. The van der Waals surface area contributed by atoms with E-state index in [2.05, 4.69) is 37.1 Å². The van der Waals surface area contributed by atoms with Gasteiger partial charge in [-0.3, -0.25) is 4.79 Å². The molecule has 1 aromatic heterocycles. The Balaban J connectivity index is 2.10. The highest BCUT2D eigenvalue weighted by Gasteiger charge is 2.30. The Hall–Kier alpha value is -2.63. The summed E-state index contributed by atoms with van der Waals surface area (Å²) < 4.78 is 37.6. The van der Waals surface area contributed by atoms with Crippen molar-refractivity contribution < 1.29 is 18.0 Å². The van der Waals surface area contributed by atoms with E-state index in [0.29, 0.717) is 11.8 Å². The zero-order valence-corrected chi connectivity index (χ0v) is 15.1. The molecule has 0 saturated heterocycles. The number of hydrogen-bond acceptors (Lipinski definition) is 2. The van der Waals surface area contributed by atoms with Crippen LogP contribution in [0, 0.1) is 5.41 Å². The molecule has 138 valence electrons. The zero-order chi connectivity index (χ0) is 19.5. The Labute approximate surface area is 151 Å². The minimum Gasteiger partial charge on any atom is -0.307 e. The van der Waals surface area contributed by atoms with Gasteiger partial charge in [0.25, 0.3) is 5.91 Å². The summed E-state index contributed by atoms with van der Waals surface area (Å²) >= 11 is 0. The lowest BCUT2D eigenvalue weighted by atomic mass is 9.91. The molecule has 1 amide bonds. The van der Waals surface area contributed by atoms with Crippen molar-refractivity contribution in [2.45, 2.75) is 33.9 Å². The van der Waals surface area contributed by atoms with Crippen LogP contribution < -0.4 is 5.32 Å². The number of carbonyl (C=O) groups is 1. The molecule has 2 aromatic rings. The number of pyridine rings is 1. The first-order valence-electron chi connectivity index (χ1n) is 8.10. The lowest BCUT2D eigenvalue weighted by molar-refractivity contribution is -0.137. The molecule has 0 radical (unpaired) electrons. The Bertz CT molecular complexity index is 799. The van der Waals surface area contributed by atoms with E-state index in [-0.39, 0.29) is 11.2 Å². The van der Waals surface area contributed by atoms with Gasteiger partial charge in [-0.2, -0.15) is 13.2 Å². The fourth-order valence-corrected chi connectivity index (χ4v) is 2.44. The summed E-state index contributed by atoms with van der Waals surface area (Å²) in [6, 6.07) is 9.04. The number of carbonyl (C=O) groups excluding carboxylic acids is 1. The molecule has 1 aromatic carbocycles. The molecule has 1 N–H and O–H groups in total. The topological polar surface area (TPSA) is 42.0 Å². The average molecular weight is 362 g/mol. The van der Waals surface area contributed by atoms with Gasteiger partial charge in [0.15, 0.2) is 0 Å². The quantitative estimate of drug-likeness (QED) is 0.749. The highest BCUT2D eigenvalue weighted by atomic mass is 19.4. The second kappa shape index (κ2) is 7.32. The van der Waals surface area contributed by atoms with Crippen molar-refractivity contribution in [3.8, 4) is 0 Å². The summed E-state index contributed by atoms with van der Waals surface area (Å²) in [6.45, 7) is 8.33. The van der Waals surface area contributed by atoms with Crippen molar-refractivity contribution in [3.05, 3.63) is 65.4 Å². The second-order valence-electron chi connectivity index (χ2n) is 7.15. The van der Waals surface area contributed by atoms with Crippen molar-refractivity contribution in [1.82, 2.24) is 4.98 Å². The number of rotatable bonds is 3. The molecule has 0 fully saturated rings. The number of allylic oxidation sites excluding steroid dienone is 2. The van der Waals surface area contributed by atoms with Crippen LogP contribution in [0.15, 0.2) is 48.7 Å². The highest BCUT2D eigenvalue weighted by molar-refractivity contribution is 6.03. The standard InChI is InChI=1S/C20H21F3N2O/c1-13(11-19(2,3)4)14-5-7-15(8-6-14)18(26)25-17-10-9-16(12-24-17)20(21,22)23/h5-12H,1-4H3,(H,24,25,26). The summed E-state index contributed by atoms with van der Waals surface area (Å²) in [5.74, 6) is -0.364. The molecule has 6 heteroatoms. The summed E-state index contributed by atoms with van der Waals surface area (Å²) in [6.07, 6.45) is -1.61. The number of nitrogens with zero attached hydrogens (tertiary/aromatic N) is 1. The van der Waals surface area contributed by atoms with Gasteiger partial charge in [0, 0.05) is 11.8 Å². The average Bonchev–Trinajstić information content (AvgIpc) is 2.53. The number of aromatic nitrogens is 1. The fraction of sp³-hybridized carbons (Fsp3) is 0.300. The maximum absolute atomic E-state index is 12.5. The van der Waals surface area contributed by atoms with E-state index in [0.717, 1.165) is 23.3 Å². The highest BCUT2D eigenvalue weighted by Crippen LogP contribution is 2.29. The summed E-state index contributed by atoms with van der Waals surface area (Å²) in [5, 5.41) is 2.49. The Morgan fingerprint density at radius 3 is 2.04 bits per heavy atom. The lowest BCUT2D eigenvalue weighted by Gasteiger charge is -2.14. The molecule has 1 heterocycles. The Morgan fingerprint density at radius 2 is 1.58 bits per heavy atom. The maximum atomic E-state index is 12.5. The van der Waals surface area contributed by atoms with Crippen molar-refractivity contribution >= 4 is 17.3 Å².